The van der Waals surface area contributed by atoms with Gasteiger partial charge in [-0.2, -0.15) is 0 Å². The molecule has 0 saturated carbocycles. The van der Waals surface area contributed by atoms with Gasteiger partial charge in [0.15, 0.2) is 0 Å². The van der Waals surface area contributed by atoms with Crippen LogP contribution in [-0.2, 0) is 6.54 Å². The van der Waals surface area contributed by atoms with Gasteiger partial charge < -0.3 is 20.9 Å². The Morgan fingerprint density at radius 1 is 0.844 bits per heavy atom. The van der Waals surface area contributed by atoms with Gasteiger partial charge in [0.25, 0.3) is 5.91 Å². The summed E-state index contributed by atoms with van der Waals surface area (Å²) >= 11 is 0. The molecule has 0 atom stereocenters. The lowest BCUT2D eigenvalue weighted by atomic mass is 10.1. The minimum absolute atomic E-state index is 0.188. The molecular weight excluding hydrogens is 421 g/mol. The number of hydrogen-bond acceptors (Lipinski definition) is 3. The lowest BCUT2D eigenvalue weighted by Gasteiger charge is -2.19. The van der Waals surface area contributed by atoms with E-state index >= 15 is 0 Å². The van der Waals surface area contributed by atoms with Gasteiger partial charge in [0.1, 0.15) is 17.5 Å². The average Bonchev–Trinajstić information content (AvgIpc) is 2.75. The molecule has 6 nitrogen and oxygen atoms in total. The SMILES string of the molecule is CN(C)c1ccc(NC(=O)Nc2ccc(F)cc2F)cc1C(=O)NCc1ccc(F)cc1. The summed E-state index contributed by atoms with van der Waals surface area (Å²) in [5.74, 6) is -2.44. The van der Waals surface area contributed by atoms with Crippen LogP contribution in [0.1, 0.15) is 15.9 Å². The summed E-state index contributed by atoms with van der Waals surface area (Å²) in [6.45, 7) is 0.188. The molecule has 32 heavy (non-hydrogen) atoms. The minimum Gasteiger partial charge on any atom is -0.377 e. The van der Waals surface area contributed by atoms with Crippen LogP contribution >= 0.6 is 0 Å². The summed E-state index contributed by atoms with van der Waals surface area (Å²) in [4.78, 5) is 26.8. The fraction of sp³-hybridized carbons (Fsp3) is 0.130. The molecule has 0 aliphatic carbocycles. The number of nitrogens with one attached hydrogen (secondary N) is 3. The number of rotatable bonds is 6. The Labute approximate surface area is 183 Å². The predicted molar refractivity (Wildman–Crippen MR) is 117 cm³/mol. The highest BCUT2D eigenvalue weighted by Gasteiger charge is 2.15. The average molecular weight is 442 g/mol. The van der Waals surface area contributed by atoms with Gasteiger partial charge in [-0.05, 0) is 48.0 Å². The Kier molecular flexibility index (Phi) is 6.99. The lowest BCUT2D eigenvalue weighted by Crippen LogP contribution is -2.26. The topological polar surface area (TPSA) is 73.5 Å². The fourth-order valence-electron chi connectivity index (χ4n) is 2.94. The largest absolute Gasteiger partial charge is 0.377 e. The van der Waals surface area contributed by atoms with Gasteiger partial charge in [-0.15, -0.1) is 0 Å². The van der Waals surface area contributed by atoms with Gasteiger partial charge in [-0.25, -0.2) is 18.0 Å². The molecule has 9 heteroatoms. The van der Waals surface area contributed by atoms with Crippen molar-refractivity contribution in [1.82, 2.24) is 5.32 Å². The summed E-state index contributed by atoms with van der Waals surface area (Å²) in [5.41, 5.74) is 1.73. The molecule has 0 aliphatic rings. The van der Waals surface area contributed by atoms with Crippen molar-refractivity contribution >= 4 is 29.0 Å². The molecule has 3 rings (SSSR count). The predicted octanol–water partition coefficient (Wildman–Crippen LogP) is 4.74. The number of benzene rings is 3. The lowest BCUT2D eigenvalue weighted by molar-refractivity contribution is 0.0951. The molecule has 0 heterocycles. The van der Waals surface area contributed by atoms with Crippen molar-refractivity contribution in [3.05, 3.63) is 89.2 Å². The Balaban J connectivity index is 1.73. The van der Waals surface area contributed by atoms with E-state index in [1.165, 1.54) is 18.2 Å². The maximum atomic E-state index is 13.7. The third kappa shape index (κ3) is 5.78. The second-order valence-corrected chi connectivity index (χ2v) is 7.14. The van der Waals surface area contributed by atoms with E-state index in [2.05, 4.69) is 16.0 Å². The molecule has 0 saturated heterocycles. The van der Waals surface area contributed by atoms with Crippen LogP contribution in [-0.4, -0.2) is 26.0 Å². The summed E-state index contributed by atoms with van der Waals surface area (Å²) < 4.78 is 39.8. The zero-order valence-electron chi connectivity index (χ0n) is 17.4. The summed E-state index contributed by atoms with van der Waals surface area (Å²) in [6, 6.07) is 12.5. The highest BCUT2D eigenvalue weighted by molar-refractivity contribution is 6.04. The highest BCUT2D eigenvalue weighted by atomic mass is 19.1. The first-order valence-corrected chi connectivity index (χ1v) is 9.60. The zero-order valence-corrected chi connectivity index (χ0v) is 17.4. The summed E-state index contributed by atoms with van der Waals surface area (Å²) in [6.07, 6.45) is 0. The second kappa shape index (κ2) is 9.86. The van der Waals surface area contributed by atoms with Gasteiger partial charge in [0.2, 0.25) is 0 Å². The molecule has 0 unspecified atom stereocenters. The molecule has 3 amide bonds. The number of carbonyl (C=O) groups excluding carboxylic acids is 2. The first-order chi connectivity index (χ1) is 15.2. The Bertz CT molecular complexity index is 1130. The van der Waals surface area contributed by atoms with E-state index in [1.807, 2.05) is 0 Å². The van der Waals surface area contributed by atoms with Crippen molar-refractivity contribution in [3.8, 4) is 0 Å². The van der Waals surface area contributed by atoms with Crippen molar-refractivity contribution < 1.29 is 22.8 Å². The van der Waals surface area contributed by atoms with Gasteiger partial charge >= 0.3 is 6.03 Å². The third-order valence-corrected chi connectivity index (χ3v) is 4.53. The van der Waals surface area contributed by atoms with Gasteiger partial charge in [0, 0.05) is 38.1 Å². The maximum absolute atomic E-state index is 13.7. The first kappa shape index (κ1) is 22.7. The van der Waals surface area contributed by atoms with Crippen LogP contribution in [0.15, 0.2) is 60.7 Å². The highest BCUT2D eigenvalue weighted by Crippen LogP contribution is 2.24. The van der Waals surface area contributed by atoms with E-state index in [9.17, 15) is 22.8 Å². The number of urea groups is 1. The first-order valence-electron chi connectivity index (χ1n) is 9.60. The van der Waals surface area contributed by atoms with Gasteiger partial charge in [-0.3, -0.25) is 4.79 Å². The standard InChI is InChI=1S/C23H21F3N4O2/c1-30(2)21-10-8-17(28-23(32)29-20-9-7-16(25)11-19(20)26)12-18(21)22(31)27-13-14-3-5-15(24)6-4-14/h3-12H,13H2,1-2H3,(H,27,31)(H2,28,29,32). The van der Waals surface area contributed by atoms with E-state index in [4.69, 9.17) is 0 Å². The fourth-order valence-corrected chi connectivity index (χ4v) is 2.94. The molecule has 0 aliphatic heterocycles. The number of nitrogens with zero attached hydrogens (tertiary/aromatic N) is 1. The second-order valence-electron chi connectivity index (χ2n) is 7.14. The zero-order chi connectivity index (χ0) is 23.3. The van der Waals surface area contributed by atoms with E-state index in [-0.39, 0.29) is 18.0 Å². The van der Waals surface area contributed by atoms with E-state index < -0.39 is 23.6 Å². The monoisotopic (exact) mass is 442 g/mol. The molecule has 0 fully saturated rings. The molecule has 3 aromatic carbocycles. The van der Waals surface area contributed by atoms with Crippen molar-refractivity contribution in [2.75, 3.05) is 29.6 Å². The van der Waals surface area contributed by atoms with Crippen LogP contribution in [0.25, 0.3) is 0 Å². The number of amides is 3. The van der Waals surface area contributed by atoms with Crippen LogP contribution in [0.4, 0.5) is 35.0 Å². The summed E-state index contributed by atoms with van der Waals surface area (Å²) in [7, 11) is 3.53. The molecule has 0 radical (unpaired) electrons. The molecule has 0 bridgehead atoms. The van der Waals surface area contributed by atoms with E-state index in [0.29, 0.717) is 23.0 Å². The molecule has 3 N–H and O–H groups in total. The van der Waals surface area contributed by atoms with Gasteiger partial charge in [0.05, 0.1) is 11.3 Å². The van der Waals surface area contributed by atoms with Gasteiger partial charge in [-0.1, -0.05) is 12.1 Å². The molecule has 3 aromatic rings. The van der Waals surface area contributed by atoms with Crippen molar-refractivity contribution in [1.29, 1.82) is 0 Å². The third-order valence-electron chi connectivity index (χ3n) is 4.53. The van der Waals surface area contributed by atoms with Crippen molar-refractivity contribution in [2.45, 2.75) is 6.54 Å². The van der Waals surface area contributed by atoms with Crippen molar-refractivity contribution in [2.24, 2.45) is 0 Å². The summed E-state index contributed by atoms with van der Waals surface area (Å²) in [5, 5.41) is 7.57. The number of carbonyl (C=O) groups is 2. The van der Waals surface area contributed by atoms with E-state index in [0.717, 1.165) is 17.7 Å². The van der Waals surface area contributed by atoms with Crippen LogP contribution < -0.4 is 20.9 Å². The Morgan fingerprint density at radius 2 is 1.53 bits per heavy atom. The molecule has 166 valence electrons. The molecule has 0 aromatic heterocycles. The Morgan fingerprint density at radius 3 is 2.19 bits per heavy atom. The van der Waals surface area contributed by atoms with Crippen LogP contribution in [0.5, 0.6) is 0 Å². The molecule has 0 spiro atoms. The van der Waals surface area contributed by atoms with Crippen LogP contribution in [0.3, 0.4) is 0 Å². The smallest absolute Gasteiger partial charge is 0.323 e. The number of halogens is 3. The van der Waals surface area contributed by atoms with Crippen LogP contribution in [0, 0.1) is 17.5 Å². The molecular formula is C23H21F3N4O2. The number of hydrogen-bond donors (Lipinski definition) is 3. The minimum atomic E-state index is -0.913. The quantitative estimate of drug-likeness (QED) is 0.516. The Hall–Kier alpha value is -4.01. The van der Waals surface area contributed by atoms with E-state index in [1.54, 1.807) is 43.3 Å². The number of anilines is 3. The maximum Gasteiger partial charge on any atom is 0.323 e. The van der Waals surface area contributed by atoms with Crippen molar-refractivity contribution in [3.63, 3.8) is 0 Å². The normalized spacial score (nSPS) is 10.4. The van der Waals surface area contributed by atoms with Crippen LogP contribution in [0.2, 0.25) is 0 Å².